The zero-order chi connectivity index (χ0) is 13.5. The van der Waals surface area contributed by atoms with Crippen LogP contribution in [0.3, 0.4) is 0 Å². The number of hydrogen-bond acceptors (Lipinski definition) is 0. The van der Waals surface area contributed by atoms with E-state index in [-0.39, 0.29) is 0 Å². The molecule has 1 heterocycles. The van der Waals surface area contributed by atoms with Gasteiger partial charge in [0.15, 0.2) is 0 Å². The largest absolute Gasteiger partial charge is 0.103 e. The maximum absolute atomic E-state index is 4.49. The number of rotatable bonds is 1. The first-order chi connectivity index (χ1) is 9.09. The van der Waals surface area contributed by atoms with E-state index in [0.29, 0.717) is 5.92 Å². The topological polar surface area (TPSA) is 0 Å². The molecule has 3 rings (SSSR count). The van der Waals surface area contributed by atoms with Gasteiger partial charge in [0.1, 0.15) is 0 Å². The van der Waals surface area contributed by atoms with Crippen LogP contribution in [0.25, 0.3) is 0 Å². The molecule has 1 unspecified atom stereocenters. The van der Waals surface area contributed by atoms with Crippen molar-refractivity contribution in [3.8, 4) is 0 Å². The fourth-order valence-corrected chi connectivity index (χ4v) is 5.78. The van der Waals surface area contributed by atoms with Crippen LogP contribution in [0.2, 0.25) is 13.1 Å². The lowest BCUT2D eigenvalue weighted by atomic mass is 9.88. The maximum Gasteiger partial charge on any atom is 0.0802 e. The molecule has 1 atom stereocenters. The standard InChI is InChI=1S/C18H20Si/c1-14-18(15-9-5-4-6-10-15)17-12-8-7-11-16(17)13-19(14,2)3/h4-12,18H,1,13H2,2-3H3. The zero-order valence-corrected chi connectivity index (χ0v) is 12.7. The van der Waals surface area contributed by atoms with Crippen molar-refractivity contribution < 1.29 is 0 Å². The van der Waals surface area contributed by atoms with Crippen molar-refractivity contribution >= 4 is 8.07 Å². The van der Waals surface area contributed by atoms with Crippen LogP contribution in [0.15, 0.2) is 66.4 Å². The van der Waals surface area contributed by atoms with E-state index in [0.717, 1.165) is 0 Å². The van der Waals surface area contributed by atoms with E-state index in [2.05, 4.69) is 74.3 Å². The normalized spacial score (nSPS) is 20.9. The Hall–Kier alpha value is -1.60. The summed E-state index contributed by atoms with van der Waals surface area (Å²) < 4.78 is 0. The predicted molar refractivity (Wildman–Crippen MR) is 85.1 cm³/mol. The van der Waals surface area contributed by atoms with Crippen molar-refractivity contribution in [3.63, 3.8) is 0 Å². The SMILES string of the molecule is C=C1C(c2ccccc2)c2ccccc2C[Si]1(C)C. The Morgan fingerprint density at radius 2 is 1.58 bits per heavy atom. The van der Waals surface area contributed by atoms with Gasteiger partial charge in [-0.2, -0.15) is 0 Å². The van der Waals surface area contributed by atoms with Gasteiger partial charge < -0.3 is 0 Å². The van der Waals surface area contributed by atoms with Gasteiger partial charge in [-0.15, -0.1) is 6.58 Å². The zero-order valence-electron chi connectivity index (χ0n) is 11.7. The molecule has 19 heavy (non-hydrogen) atoms. The van der Waals surface area contributed by atoms with Crippen LogP contribution in [0.4, 0.5) is 0 Å². The average Bonchev–Trinajstić information content (AvgIpc) is 2.41. The number of fused-ring (bicyclic) bond motifs is 1. The summed E-state index contributed by atoms with van der Waals surface area (Å²) in [5.74, 6) is 0.396. The molecule has 0 spiro atoms. The Kier molecular flexibility index (Phi) is 2.94. The van der Waals surface area contributed by atoms with Crippen molar-refractivity contribution in [3.05, 3.63) is 83.1 Å². The van der Waals surface area contributed by atoms with E-state index in [9.17, 15) is 0 Å². The molecule has 0 aliphatic carbocycles. The third kappa shape index (κ3) is 2.08. The molecule has 0 saturated carbocycles. The molecular formula is C18H20Si. The molecule has 0 aromatic heterocycles. The molecule has 1 aliphatic rings. The van der Waals surface area contributed by atoms with Crippen molar-refractivity contribution in [2.75, 3.05) is 0 Å². The molecule has 96 valence electrons. The van der Waals surface area contributed by atoms with E-state index in [4.69, 9.17) is 0 Å². The van der Waals surface area contributed by atoms with Gasteiger partial charge in [-0.25, -0.2) is 0 Å². The van der Waals surface area contributed by atoms with Crippen LogP contribution in [-0.2, 0) is 6.04 Å². The summed E-state index contributed by atoms with van der Waals surface area (Å²) in [5.41, 5.74) is 4.38. The van der Waals surface area contributed by atoms with Gasteiger partial charge >= 0.3 is 0 Å². The van der Waals surface area contributed by atoms with Gasteiger partial charge in [0.05, 0.1) is 8.07 Å². The lowest BCUT2D eigenvalue weighted by Gasteiger charge is -2.38. The third-order valence-corrected chi connectivity index (χ3v) is 7.64. The monoisotopic (exact) mass is 264 g/mol. The summed E-state index contributed by atoms with van der Waals surface area (Å²) in [6.45, 7) is 9.38. The first-order valence-corrected chi connectivity index (χ1v) is 10.1. The second kappa shape index (κ2) is 4.50. The van der Waals surface area contributed by atoms with Gasteiger partial charge in [0.25, 0.3) is 0 Å². The quantitative estimate of drug-likeness (QED) is 0.654. The highest BCUT2D eigenvalue weighted by atomic mass is 28.3. The molecule has 1 aliphatic heterocycles. The Morgan fingerprint density at radius 1 is 0.947 bits per heavy atom. The second-order valence-electron chi connectivity index (χ2n) is 6.13. The summed E-state index contributed by atoms with van der Waals surface area (Å²) in [5, 5.41) is 1.47. The molecule has 1 heteroatoms. The van der Waals surface area contributed by atoms with E-state index >= 15 is 0 Å². The van der Waals surface area contributed by atoms with Gasteiger partial charge in [0, 0.05) is 5.92 Å². The van der Waals surface area contributed by atoms with Crippen LogP contribution >= 0.6 is 0 Å². The molecule has 0 saturated heterocycles. The molecule has 2 aromatic rings. The number of benzene rings is 2. The maximum atomic E-state index is 4.49. The predicted octanol–water partition coefficient (Wildman–Crippen LogP) is 4.72. The number of hydrogen-bond donors (Lipinski definition) is 0. The van der Waals surface area contributed by atoms with Crippen LogP contribution < -0.4 is 0 Å². The first-order valence-electron chi connectivity index (χ1n) is 6.91. The van der Waals surface area contributed by atoms with Crippen molar-refractivity contribution in [2.45, 2.75) is 25.1 Å². The Bertz CT molecular complexity index is 611. The molecule has 0 radical (unpaired) electrons. The number of allylic oxidation sites excluding steroid dienone is 1. The molecule has 0 fully saturated rings. The fraction of sp³-hybridized carbons (Fsp3) is 0.222. The van der Waals surface area contributed by atoms with Crippen molar-refractivity contribution in [1.82, 2.24) is 0 Å². The molecule has 0 N–H and O–H groups in total. The summed E-state index contributed by atoms with van der Waals surface area (Å²) in [7, 11) is -1.39. The Labute approximate surface area is 116 Å². The lowest BCUT2D eigenvalue weighted by molar-refractivity contribution is 0.938. The molecule has 0 bridgehead atoms. The van der Waals surface area contributed by atoms with Crippen molar-refractivity contribution in [1.29, 1.82) is 0 Å². The van der Waals surface area contributed by atoms with Gasteiger partial charge in [-0.3, -0.25) is 0 Å². The summed E-state index contributed by atoms with van der Waals surface area (Å²) in [4.78, 5) is 0. The lowest BCUT2D eigenvalue weighted by Crippen LogP contribution is -2.39. The fourth-order valence-electron chi connectivity index (χ4n) is 3.17. The third-order valence-electron chi connectivity index (χ3n) is 4.35. The van der Waals surface area contributed by atoms with E-state index in [1.165, 1.54) is 27.9 Å². The first kappa shape index (κ1) is 12.4. The highest BCUT2D eigenvalue weighted by Crippen LogP contribution is 2.43. The van der Waals surface area contributed by atoms with E-state index in [1.807, 2.05) is 0 Å². The highest BCUT2D eigenvalue weighted by Gasteiger charge is 2.37. The molecule has 2 aromatic carbocycles. The van der Waals surface area contributed by atoms with Crippen molar-refractivity contribution in [2.24, 2.45) is 0 Å². The molecule has 0 amide bonds. The van der Waals surface area contributed by atoms with E-state index in [1.54, 1.807) is 0 Å². The Balaban J connectivity index is 2.19. The average molecular weight is 264 g/mol. The second-order valence-corrected chi connectivity index (χ2v) is 10.9. The molecular weight excluding hydrogens is 244 g/mol. The smallest absolute Gasteiger partial charge is 0.0802 e. The summed E-state index contributed by atoms with van der Waals surface area (Å²) in [6.07, 6.45) is 0. The molecule has 0 nitrogen and oxygen atoms in total. The van der Waals surface area contributed by atoms with E-state index < -0.39 is 8.07 Å². The van der Waals surface area contributed by atoms with Gasteiger partial charge in [-0.1, -0.05) is 72.9 Å². The minimum atomic E-state index is -1.39. The minimum absolute atomic E-state index is 0.396. The van der Waals surface area contributed by atoms with Crippen LogP contribution in [0.1, 0.15) is 22.6 Å². The van der Waals surface area contributed by atoms with Crippen LogP contribution in [-0.4, -0.2) is 8.07 Å². The Morgan fingerprint density at radius 3 is 2.32 bits per heavy atom. The van der Waals surface area contributed by atoms with Crippen LogP contribution in [0, 0.1) is 0 Å². The summed E-state index contributed by atoms with van der Waals surface area (Å²) in [6, 6.07) is 21.0. The van der Waals surface area contributed by atoms with Gasteiger partial charge in [0.2, 0.25) is 0 Å². The summed E-state index contributed by atoms with van der Waals surface area (Å²) >= 11 is 0. The van der Waals surface area contributed by atoms with Gasteiger partial charge in [-0.05, 0) is 22.7 Å². The van der Waals surface area contributed by atoms with Crippen LogP contribution in [0.5, 0.6) is 0 Å². The minimum Gasteiger partial charge on any atom is -0.103 e. The highest BCUT2D eigenvalue weighted by molar-refractivity contribution is 6.84.